The maximum atomic E-state index is 2.74. The van der Waals surface area contributed by atoms with E-state index in [1.54, 1.807) is 33.4 Å². The molecule has 4 aromatic rings. The van der Waals surface area contributed by atoms with Crippen LogP contribution >= 0.6 is 0 Å². The number of hydrogen-bond donors (Lipinski definition) is 0. The number of benzene rings is 4. The number of aryl methyl sites for hydroxylation is 2. The van der Waals surface area contributed by atoms with Gasteiger partial charge in [0, 0.05) is 0 Å². The number of halogens is 2. The topological polar surface area (TPSA) is 0 Å². The molecule has 0 radical (unpaired) electrons. The molecule has 1 aliphatic heterocycles. The van der Waals surface area contributed by atoms with Crippen molar-refractivity contribution >= 4 is 12.2 Å². The van der Waals surface area contributed by atoms with Crippen LogP contribution in [0.25, 0.3) is 34.4 Å². The molecular formula is C50H60Cl2Ti. The summed E-state index contributed by atoms with van der Waals surface area (Å²) in [6, 6.07) is 34.0. The van der Waals surface area contributed by atoms with Crippen LogP contribution in [0.3, 0.4) is 0 Å². The minimum Gasteiger partial charge on any atom is -1.00 e. The van der Waals surface area contributed by atoms with Gasteiger partial charge in [0.15, 0.2) is 0 Å². The van der Waals surface area contributed by atoms with E-state index in [4.69, 9.17) is 0 Å². The second-order valence-electron chi connectivity index (χ2n) is 17.5. The van der Waals surface area contributed by atoms with Gasteiger partial charge in [0.05, 0.1) is 0 Å². The fourth-order valence-corrected chi connectivity index (χ4v) is 25.5. The van der Waals surface area contributed by atoms with Gasteiger partial charge in [-0.1, -0.05) is 0 Å². The molecule has 4 aliphatic rings. The number of fused-ring (bicyclic) bond motifs is 3. The average Bonchev–Trinajstić information content (AvgIpc) is 3.40. The van der Waals surface area contributed by atoms with Crippen LogP contribution in [0.2, 0.25) is 8.45 Å². The summed E-state index contributed by atoms with van der Waals surface area (Å²) in [7, 11) is 0. The minimum atomic E-state index is -2.74. The first-order chi connectivity index (χ1) is 24.8. The molecule has 0 nitrogen and oxygen atoms in total. The molecule has 1 heterocycles. The predicted octanol–water partition coefficient (Wildman–Crippen LogP) is 8.92. The van der Waals surface area contributed by atoms with Crippen molar-refractivity contribution in [3.63, 3.8) is 0 Å². The zero-order valence-corrected chi connectivity index (χ0v) is 36.1. The molecule has 278 valence electrons. The smallest absolute Gasteiger partial charge is 1.00 e. The van der Waals surface area contributed by atoms with Gasteiger partial charge in [-0.25, -0.2) is 0 Å². The fraction of sp³-hybridized carbons (Fsp3) is 0.440. The van der Waals surface area contributed by atoms with Gasteiger partial charge in [-0.15, -0.1) is 0 Å². The van der Waals surface area contributed by atoms with Crippen molar-refractivity contribution in [2.75, 3.05) is 0 Å². The van der Waals surface area contributed by atoms with Crippen LogP contribution in [0, 0.1) is 11.8 Å². The van der Waals surface area contributed by atoms with Crippen molar-refractivity contribution in [3.8, 4) is 22.3 Å². The molecule has 0 N–H and O–H groups in total. The Morgan fingerprint density at radius 1 is 0.547 bits per heavy atom. The van der Waals surface area contributed by atoms with Crippen LogP contribution in [0.1, 0.15) is 135 Å². The van der Waals surface area contributed by atoms with Crippen LogP contribution in [0.5, 0.6) is 0 Å². The molecular weight excluding hydrogens is 719 g/mol. The van der Waals surface area contributed by atoms with Crippen molar-refractivity contribution in [1.82, 2.24) is 0 Å². The largest absolute Gasteiger partial charge is 1.00 e. The van der Waals surface area contributed by atoms with E-state index >= 15 is 0 Å². The minimum absolute atomic E-state index is 0. The fourth-order valence-electron chi connectivity index (χ4n) is 11.4. The molecule has 8 rings (SSSR count). The van der Waals surface area contributed by atoms with E-state index in [1.165, 1.54) is 84.7 Å². The van der Waals surface area contributed by atoms with Gasteiger partial charge in [-0.05, 0) is 0 Å². The monoisotopic (exact) mass is 778 g/mol. The molecule has 1 saturated carbocycles. The van der Waals surface area contributed by atoms with Crippen molar-refractivity contribution in [3.05, 3.63) is 129 Å². The Morgan fingerprint density at radius 3 is 1.30 bits per heavy atom. The van der Waals surface area contributed by atoms with Gasteiger partial charge in [0.2, 0.25) is 0 Å². The normalized spacial score (nSPS) is 22.6. The average molecular weight is 780 g/mol. The van der Waals surface area contributed by atoms with Crippen LogP contribution < -0.4 is 24.8 Å². The third-order valence-electron chi connectivity index (χ3n) is 13.1. The van der Waals surface area contributed by atoms with Crippen LogP contribution in [0.15, 0.2) is 96.1 Å². The van der Waals surface area contributed by atoms with Gasteiger partial charge in [0.1, 0.15) is 0 Å². The van der Waals surface area contributed by atoms with Gasteiger partial charge in [-0.2, -0.15) is 0 Å². The Morgan fingerprint density at radius 2 is 0.943 bits per heavy atom. The Hall–Kier alpha value is -2.35. The van der Waals surface area contributed by atoms with Gasteiger partial charge in [0.25, 0.3) is 0 Å². The van der Waals surface area contributed by atoms with Crippen molar-refractivity contribution in [2.45, 2.75) is 123 Å². The molecule has 4 atom stereocenters. The molecule has 4 aromatic carbocycles. The third-order valence-corrected chi connectivity index (χ3v) is 24.0. The standard InChI is InChI=1S/2C22H25.C6H10.2ClH.Ti/c2*1-4-6-17-9-11-19(12-10-17)21-8-5-7-20-14-18(13-16(2)3)15-22(20)21;1-2-4-6-5-3-1;;;/h2*5,7-12,14-16H,4,6,13H2,1-3H3;1-2H,3-6H2;2*1H;/q;;;;;+2/p-2. The van der Waals surface area contributed by atoms with Crippen LogP contribution in [-0.2, 0) is 29.4 Å². The second kappa shape index (κ2) is 16.8. The van der Waals surface area contributed by atoms with Crippen molar-refractivity contribution < 1.29 is 41.4 Å². The maximum absolute atomic E-state index is 2.74. The zero-order chi connectivity index (χ0) is 35.3. The van der Waals surface area contributed by atoms with Gasteiger partial charge in [-0.3, -0.25) is 0 Å². The summed E-state index contributed by atoms with van der Waals surface area (Å²) in [5.41, 5.74) is 18.7. The molecule has 3 aliphatic carbocycles. The van der Waals surface area contributed by atoms with E-state index < -0.39 is 16.6 Å². The summed E-state index contributed by atoms with van der Waals surface area (Å²) in [5.74, 6) is 1.32. The van der Waals surface area contributed by atoms with Crippen molar-refractivity contribution in [1.29, 1.82) is 0 Å². The molecule has 4 unspecified atom stereocenters. The molecule has 0 spiro atoms. The number of hydrogen-bond acceptors (Lipinski definition) is 0. The summed E-state index contributed by atoms with van der Waals surface area (Å²) in [5, 5.41) is 0. The van der Waals surface area contributed by atoms with Crippen molar-refractivity contribution in [2.24, 2.45) is 11.8 Å². The van der Waals surface area contributed by atoms with E-state index in [9.17, 15) is 0 Å². The Kier molecular flexibility index (Phi) is 12.8. The summed E-state index contributed by atoms with van der Waals surface area (Å²) in [6.45, 7) is 14.4. The number of allylic oxidation sites excluding steroid dienone is 2. The summed E-state index contributed by atoms with van der Waals surface area (Å²) in [6.07, 6.45) is 18.5. The summed E-state index contributed by atoms with van der Waals surface area (Å²) in [4.78, 5) is 0. The predicted molar refractivity (Wildman–Crippen MR) is 218 cm³/mol. The first-order valence-corrected chi connectivity index (χ1v) is 24.3. The van der Waals surface area contributed by atoms with E-state index in [-0.39, 0.29) is 24.8 Å². The maximum Gasteiger partial charge on any atom is -1.00 e. The summed E-state index contributed by atoms with van der Waals surface area (Å²) < 4.78 is 3.29. The molecule has 0 amide bonds. The first-order valence-electron chi connectivity index (χ1n) is 20.7. The quantitative estimate of drug-likeness (QED) is 0.126. The van der Waals surface area contributed by atoms with E-state index in [2.05, 4.69) is 139 Å². The Balaban J connectivity index is 0.00000240. The second-order valence-corrected chi connectivity index (χ2v) is 24.8. The molecule has 53 heavy (non-hydrogen) atoms. The third kappa shape index (κ3) is 7.26. The zero-order valence-electron chi connectivity index (χ0n) is 33.0. The van der Waals surface area contributed by atoms with Crippen LogP contribution in [0.4, 0.5) is 0 Å². The van der Waals surface area contributed by atoms with Gasteiger partial charge >= 0.3 is 315 Å². The first kappa shape index (κ1) is 40.3. The van der Waals surface area contributed by atoms with E-state index in [0.717, 1.165) is 21.3 Å². The van der Waals surface area contributed by atoms with Crippen LogP contribution in [-0.4, -0.2) is 0 Å². The molecule has 3 heteroatoms. The molecule has 0 bridgehead atoms. The molecule has 1 saturated heterocycles. The van der Waals surface area contributed by atoms with E-state index in [0.29, 0.717) is 20.3 Å². The molecule has 0 aromatic heterocycles. The Bertz CT molecular complexity index is 1800. The van der Waals surface area contributed by atoms with Gasteiger partial charge < -0.3 is 24.8 Å². The number of rotatable bonds is 12. The summed E-state index contributed by atoms with van der Waals surface area (Å²) >= 11 is -2.74. The SMILES string of the molecule is CCCc1ccc(-c2cccc3c2C=C(CC(C)C)[CH]3[Ti+2]2([CH]3C(CC(C)C)=Cc4c(-c5ccc(CCC)cc5)cccc43)[CH]3CCCC[CH]32)cc1.[Cl-].[Cl-]. The molecule has 2 fully saturated rings. The van der Waals surface area contributed by atoms with E-state index in [1.807, 2.05) is 0 Å². The Labute approximate surface area is 337 Å².